The van der Waals surface area contributed by atoms with Gasteiger partial charge in [-0.15, -0.1) is 0 Å². The van der Waals surface area contributed by atoms with E-state index < -0.39 is 5.82 Å². The maximum atomic E-state index is 14.1. The first-order valence-electron chi connectivity index (χ1n) is 17.1. The standard InChI is InChI=1S/C39H38FN9O3/c1-22-9-31-26-11-25(16-41)12-28(13-26)52-29-15-35(23(2)46(4)18-30(50-5)20-47-24(3)45-33(10-22)37(31)47)48(19-29)38-32-17-44-49(39(32)43-21-42-38)34-8-7-27(40)14-36(34)51-6/h7-14,17,21,29-30,35H,2,15,18-20H2,1,3-6H3. The number of likely N-dealkylation sites (N-methyl/N-ethyl adjacent to an activating group) is 1. The van der Waals surface area contributed by atoms with Crippen LogP contribution in [-0.2, 0) is 11.3 Å². The number of hydrogen-bond acceptors (Lipinski definition) is 10. The summed E-state index contributed by atoms with van der Waals surface area (Å²) in [5, 5.41) is 15.5. The van der Waals surface area contributed by atoms with Crippen LogP contribution in [0.25, 0.3) is 38.9 Å². The molecule has 0 N–H and O–H groups in total. The van der Waals surface area contributed by atoms with Gasteiger partial charge < -0.3 is 28.6 Å². The number of nitrogens with zero attached hydrogens (tertiary/aromatic N) is 9. The number of hydrogen-bond donors (Lipinski definition) is 0. The van der Waals surface area contributed by atoms with Crippen molar-refractivity contribution in [1.82, 2.24) is 34.2 Å². The number of imidazole rings is 1. The number of aryl methyl sites for hydroxylation is 2. The molecule has 3 atom stereocenters. The van der Waals surface area contributed by atoms with Crippen LogP contribution in [0.2, 0.25) is 0 Å². The molecule has 264 valence electrons. The first kappa shape index (κ1) is 33.2. The Bertz CT molecular complexity index is 2410. The normalized spacial score (nSPS) is 19.0. The molecular weight excluding hydrogens is 661 g/mol. The summed E-state index contributed by atoms with van der Waals surface area (Å²) in [6.07, 6.45) is 3.36. The third kappa shape index (κ3) is 5.65. The molecule has 3 unspecified atom stereocenters. The van der Waals surface area contributed by atoms with Gasteiger partial charge in [0.2, 0.25) is 0 Å². The lowest BCUT2D eigenvalue weighted by molar-refractivity contribution is 0.0657. The van der Waals surface area contributed by atoms with Gasteiger partial charge in [-0.2, -0.15) is 10.4 Å². The lowest BCUT2D eigenvalue weighted by Gasteiger charge is -2.34. The molecule has 4 bridgehead atoms. The molecule has 3 aromatic carbocycles. The van der Waals surface area contributed by atoms with E-state index in [2.05, 4.69) is 56.2 Å². The molecule has 0 aliphatic carbocycles. The molecule has 12 nitrogen and oxygen atoms in total. The van der Waals surface area contributed by atoms with Crippen molar-refractivity contribution in [2.75, 3.05) is 39.3 Å². The van der Waals surface area contributed by atoms with Crippen LogP contribution in [0.15, 0.2) is 73.3 Å². The minimum Gasteiger partial charge on any atom is -0.494 e. The molecule has 1 fully saturated rings. The highest BCUT2D eigenvalue weighted by atomic mass is 19.1. The number of benzene rings is 3. The highest BCUT2D eigenvalue weighted by Crippen LogP contribution is 2.39. The number of nitriles is 1. The number of aromatic nitrogens is 6. The predicted molar refractivity (Wildman–Crippen MR) is 195 cm³/mol. The lowest BCUT2D eigenvalue weighted by Crippen LogP contribution is -2.41. The zero-order chi connectivity index (χ0) is 36.3. The molecule has 1 saturated heterocycles. The van der Waals surface area contributed by atoms with Crippen LogP contribution >= 0.6 is 0 Å². The van der Waals surface area contributed by atoms with Crippen LogP contribution in [0.5, 0.6) is 11.5 Å². The second kappa shape index (κ2) is 13.0. The summed E-state index contributed by atoms with van der Waals surface area (Å²) >= 11 is 0. The fraction of sp³-hybridized carbons (Fsp3) is 0.308. The number of anilines is 1. The minimum atomic E-state index is -0.414. The van der Waals surface area contributed by atoms with E-state index in [0.717, 1.165) is 39.2 Å². The lowest BCUT2D eigenvalue weighted by atomic mass is 9.99. The van der Waals surface area contributed by atoms with Gasteiger partial charge >= 0.3 is 0 Å². The summed E-state index contributed by atoms with van der Waals surface area (Å²) in [6, 6.07) is 16.4. The van der Waals surface area contributed by atoms with Crippen molar-refractivity contribution in [2.45, 2.75) is 45.1 Å². The number of rotatable bonds is 4. The molecule has 0 saturated carbocycles. The topological polar surface area (TPSA) is 119 Å². The SMILES string of the molecule is C=C1C2CC(CN2c2ncnc3c2cnn3-c2ccc(F)cc2OC)Oc2cc(C#N)cc(c2)-c2cc(C)cc3nc(C)n(c23)CC(OC)CN1C. The quantitative estimate of drug-likeness (QED) is 0.218. The Balaban J connectivity index is 1.25. The van der Waals surface area contributed by atoms with E-state index in [1.165, 1.54) is 25.6 Å². The highest BCUT2D eigenvalue weighted by molar-refractivity contribution is 5.94. The molecule has 3 aromatic heterocycles. The second-order valence-corrected chi connectivity index (χ2v) is 13.5. The van der Waals surface area contributed by atoms with Crippen molar-refractivity contribution in [1.29, 1.82) is 5.26 Å². The Hall–Kier alpha value is -6.00. The minimum absolute atomic E-state index is 0.199. The summed E-state index contributed by atoms with van der Waals surface area (Å²) in [5.74, 6) is 2.06. The molecule has 2 aliphatic heterocycles. The Morgan fingerprint density at radius 3 is 2.67 bits per heavy atom. The highest BCUT2D eigenvalue weighted by Gasteiger charge is 2.39. The summed E-state index contributed by atoms with van der Waals surface area (Å²) in [6.45, 7) is 10.3. The summed E-state index contributed by atoms with van der Waals surface area (Å²) in [4.78, 5) is 18.6. The fourth-order valence-electron chi connectivity index (χ4n) is 7.63. The van der Waals surface area contributed by atoms with Gasteiger partial charge in [0.1, 0.15) is 47.1 Å². The van der Waals surface area contributed by atoms with Gasteiger partial charge in [-0.05, 0) is 67.4 Å². The maximum absolute atomic E-state index is 14.1. The fourth-order valence-corrected chi connectivity index (χ4v) is 7.63. The average Bonchev–Trinajstić information content (AvgIpc) is 3.85. The van der Waals surface area contributed by atoms with Gasteiger partial charge in [-0.25, -0.2) is 24.0 Å². The number of halogens is 1. The number of methoxy groups -OCH3 is 2. The van der Waals surface area contributed by atoms with Crippen LogP contribution in [0.1, 0.15) is 23.4 Å². The van der Waals surface area contributed by atoms with Gasteiger partial charge in [-0.3, -0.25) is 0 Å². The van der Waals surface area contributed by atoms with Crippen molar-refractivity contribution in [3.8, 4) is 34.4 Å². The Kier molecular flexibility index (Phi) is 8.26. The number of fused-ring (bicyclic) bond motifs is 6. The van der Waals surface area contributed by atoms with Crippen LogP contribution in [0.3, 0.4) is 0 Å². The van der Waals surface area contributed by atoms with E-state index in [1.54, 1.807) is 30.1 Å². The van der Waals surface area contributed by atoms with Crippen molar-refractivity contribution in [2.24, 2.45) is 0 Å². The first-order chi connectivity index (χ1) is 25.1. The van der Waals surface area contributed by atoms with Gasteiger partial charge in [0.15, 0.2) is 5.65 Å². The summed E-state index contributed by atoms with van der Waals surface area (Å²) < 4.78 is 36.3. The van der Waals surface area contributed by atoms with E-state index >= 15 is 0 Å². The zero-order valence-electron chi connectivity index (χ0n) is 29.7. The largest absolute Gasteiger partial charge is 0.494 e. The molecular formula is C39H38FN9O3. The second-order valence-electron chi connectivity index (χ2n) is 13.5. The monoisotopic (exact) mass is 699 g/mol. The van der Waals surface area contributed by atoms with E-state index in [0.29, 0.717) is 65.7 Å². The molecule has 0 radical (unpaired) electrons. The first-order valence-corrected chi connectivity index (χ1v) is 17.1. The molecule has 52 heavy (non-hydrogen) atoms. The Labute approximate surface area is 300 Å². The molecule has 5 heterocycles. The third-order valence-corrected chi connectivity index (χ3v) is 10.1. The molecule has 6 aromatic rings. The van der Waals surface area contributed by atoms with Crippen LogP contribution in [0.4, 0.5) is 10.2 Å². The van der Waals surface area contributed by atoms with Gasteiger partial charge in [-0.1, -0.05) is 6.58 Å². The zero-order valence-corrected chi connectivity index (χ0v) is 29.7. The molecule has 8 rings (SSSR count). The van der Waals surface area contributed by atoms with Crippen molar-refractivity contribution >= 4 is 27.9 Å². The van der Waals surface area contributed by atoms with Crippen LogP contribution < -0.4 is 14.4 Å². The van der Waals surface area contributed by atoms with Crippen molar-refractivity contribution in [3.63, 3.8) is 0 Å². The van der Waals surface area contributed by atoms with Gasteiger partial charge in [0, 0.05) is 44.4 Å². The van der Waals surface area contributed by atoms with Crippen LogP contribution in [0, 0.1) is 31.0 Å². The van der Waals surface area contributed by atoms with E-state index in [4.69, 9.17) is 24.2 Å². The third-order valence-electron chi connectivity index (χ3n) is 10.1. The maximum Gasteiger partial charge on any atom is 0.168 e. The molecule has 0 spiro atoms. The van der Waals surface area contributed by atoms with Crippen molar-refractivity contribution in [3.05, 3.63) is 96.1 Å². The van der Waals surface area contributed by atoms with Crippen molar-refractivity contribution < 1.29 is 18.6 Å². The van der Waals surface area contributed by atoms with E-state index in [9.17, 15) is 9.65 Å². The summed E-state index contributed by atoms with van der Waals surface area (Å²) in [5.41, 5.74) is 7.27. The Morgan fingerprint density at radius 1 is 1.04 bits per heavy atom. The average molecular weight is 700 g/mol. The van der Waals surface area contributed by atoms with Gasteiger partial charge in [0.05, 0.1) is 66.6 Å². The molecule has 13 heteroatoms. The predicted octanol–water partition coefficient (Wildman–Crippen LogP) is 5.97. The Morgan fingerprint density at radius 2 is 1.88 bits per heavy atom. The summed E-state index contributed by atoms with van der Waals surface area (Å²) in [7, 11) is 5.25. The van der Waals surface area contributed by atoms with E-state index in [1.807, 2.05) is 26.1 Å². The van der Waals surface area contributed by atoms with Gasteiger partial charge in [0.25, 0.3) is 0 Å². The molecule has 0 amide bonds. The van der Waals surface area contributed by atoms with E-state index in [-0.39, 0.29) is 18.2 Å². The van der Waals surface area contributed by atoms with Crippen LogP contribution in [-0.4, -0.2) is 86.8 Å². The molecule has 2 aliphatic rings. The number of ether oxygens (including phenoxy) is 3. The smallest absolute Gasteiger partial charge is 0.168 e.